The number of carboxylic acid groups (broad SMARTS) is 1. The van der Waals surface area contributed by atoms with E-state index in [9.17, 15) is 4.79 Å². The van der Waals surface area contributed by atoms with Crippen molar-refractivity contribution in [2.75, 3.05) is 20.2 Å². The zero-order valence-electron chi connectivity index (χ0n) is 11.7. The van der Waals surface area contributed by atoms with Crippen molar-refractivity contribution in [1.82, 2.24) is 9.88 Å². The lowest BCUT2D eigenvalue weighted by Crippen LogP contribution is -2.32. The molecule has 0 aliphatic carbocycles. The normalized spacial score (nSPS) is 17.3. The molecule has 1 N–H and O–H groups in total. The quantitative estimate of drug-likeness (QED) is 0.946. The number of ether oxygens (including phenoxy) is 1. The monoisotopic (exact) mass is 304 g/mol. The summed E-state index contributed by atoms with van der Waals surface area (Å²) < 4.78 is 5.78. The van der Waals surface area contributed by atoms with Gasteiger partial charge in [0.15, 0.2) is 0 Å². The number of rotatable bonds is 3. The van der Waals surface area contributed by atoms with E-state index in [1.54, 1.807) is 18.4 Å². The third-order valence-electron chi connectivity index (χ3n) is 3.69. The Bertz CT molecular complexity index is 642. The number of amides is 1. The van der Waals surface area contributed by atoms with Gasteiger partial charge in [-0.2, -0.15) is 0 Å². The number of hydrogen-bond donors (Lipinski definition) is 1. The standard InChI is InChI=1S/C15H16N2O3S/c1-17(15(18)19)8-13-11-3-2-4-12(10(11)5-6-20-13)14-7-16-9-21-14/h2-4,7,9,13H,5-6,8H2,1H3,(H,18,19)/t13-/m1/s1. The lowest BCUT2D eigenvalue weighted by Gasteiger charge is -2.29. The number of fused-ring (bicyclic) bond motifs is 1. The molecular weight excluding hydrogens is 288 g/mol. The minimum atomic E-state index is -0.940. The van der Waals surface area contributed by atoms with E-state index in [2.05, 4.69) is 11.1 Å². The highest BCUT2D eigenvalue weighted by atomic mass is 32.1. The predicted octanol–water partition coefficient (Wildman–Crippen LogP) is 3.03. The van der Waals surface area contributed by atoms with E-state index in [0.717, 1.165) is 16.9 Å². The molecule has 1 aliphatic heterocycles. The fraction of sp³-hybridized carbons (Fsp3) is 0.333. The molecule has 0 spiro atoms. The van der Waals surface area contributed by atoms with Crippen LogP contribution in [0.2, 0.25) is 0 Å². The second-order valence-electron chi connectivity index (χ2n) is 5.01. The third-order valence-corrected chi connectivity index (χ3v) is 4.50. The molecule has 5 nitrogen and oxygen atoms in total. The molecule has 0 saturated carbocycles. The van der Waals surface area contributed by atoms with Crippen LogP contribution in [0.5, 0.6) is 0 Å². The maximum Gasteiger partial charge on any atom is 0.407 e. The van der Waals surface area contributed by atoms with Gasteiger partial charge in [0, 0.05) is 13.2 Å². The van der Waals surface area contributed by atoms with E-state index >= 15 is 0 Å². The SMILES string of the molecule is CN(C[C@H]1OCCc2c(-c3cncs3)cccc21)C(=O)O. The summed E-state index contributed by atoms with van der Waals surface area (Å²) >= 11 is 1.61. The van der Waals surface area contributed by atoms with Crippen molar-refractivity contribution >= 4 is 17.4 Å². The summed E-state index contributed by atoms with van der Waals surface area (Å²) in [6.07, 6.45) is 1.57. The van der Waals surface area contributed by atoms with Crippen LogP contribution >= 0.6 is 11.3 Å². The molecule has 1 aromatic carbocycles. The van der Waals surface area contributed by atoms with Gasteiger partial charge in [0.25, 0.3) is 0 Å². The number of likely N-dealkylation sites (N-methyl/N-ethyl adjacent to an activating group) is 1. The Hall–Kier alpha value is -1.92. The Kier molecular flexibility index (Phi) is 3.90. The number of carbonyl (C=O) groups is 1. The molecule has 0 saturated heterocycles. The van der Waals surface area contributed by atoms with E-state index in [4.69, 9.17) is 9.84 Å². The van der Waals surface area contributed by atoms with Gasteiger partial charge in [-0.05, 0) is 23.1 Å². The Balaban J connectivity index is 1.95. The summed E-state index contributed by atoms with van der Waals surface area (Å²) in [6, 6.07) is 6.12. The van der Waals surface area contributed by atoms with E-state index in [1.165, 1.54) is 16.0 Å². The summed E-state index contributed by atoms with van der Waals surface area (Å²) in [4.78, 5) is 17.5. The van der Waals surface area contributed by atoms with Gasteiger partial charge in [0.05, 0.1) is 23.5 Å². The Morgan fingerprint density at radius 3 is 3.14 bits per heavy atom. The van der Waals surface area contributed by atoms with Crippen LogP contribution in [0, 0.1) is 0 Å². The Labute approximate surface area is 126 Å². The number of aromatic nitrogens is 1. The zero-order valence-corrected chi connectivity index (χ0v) is 12.5. The molecular formula is C15H16N2O3S. The van der Waals surface area contributed by atoms with Crippen LogP contribution in [-0.4, -0.2) is 41.3 Å². The second kappa shape index (κ2) is 5.83. The highest BCUT2D eigenvalue weighted by molar-refractivity contribution is 7.13. The highest BCUT2D eigenvalue weighted by Gasteiger charge is 2.25. The third kappa shape index (κ3) is 2.77. The first-order valence-electron chi connectivity index (χ1n) is 6.73. The smallest absolute Gasteiger partial charge is 0.407 e. The first-order valence-corrected chi connectivity index (χ1v) is 7.61. The molecule has 3 rings (SSSR count). The van der Waals surface area contributed by atoms with E-state index in [0.29, 0.717) is 13.2 Å². The molecule has 1 amide bonds. The topological polar surface area (TPSA) is 62.7 Å². The fourth-order valence-electron chi connectivity index (χ4n) is 2.64. The summed E-state index contributed by atoms with van der Waals surface area (Å²) in [7, 11) is 1.56. The van der Waals surface area contributed by atoms with Gasteiger partial charge in [-0.15, -0.1) is 11.3 Å². The molecule has 2 aromatic rings. The summed E-state index contributed by atoms with van der Waals surface area (Å²) in [5, 5.41) is 9.03. The van der Waals surface area contributed by atoms with Crippen LogP contribution in [0.15, 0.2) is 29.9 Å². The summed E-state index contributed by atoms with van der Waals surface area (Å²) in [5.41, 5.74) is 5.34. The van der Waals surface area contributed by atoms with Crippen LogP contribution in [-0.2, 0) is 11.2 Å². The van der Waals surface area contributed by atoms with Crippen molar-refractivity contribution in [3.05, 3.63) is 41.0 Å². The Morgan fingerprint density at radius 1 is 1.57 bits per heavy atom. The van der Waals surface area contributed by atoms with E-state index < -0.39 is 6.09 Å². The van der Waals surface area contributed by atoms with E-state index in [-0.39, 0.29) is 6.10 Å². The molecule has 21 heavy (non-hydrogen) atoms. The minimum absolute atomic E-state index is 0.206. The van der Waals surface area contributed by atoms with Crippen molar-refractivity contribution in [3.63, 3.8) is 0 Å². The summed E-state index contributed by atoms with van der Waals surface area (Å²) in [6.45, 7) is 0.954. The molecule has 0 bridgehead atoms. The van der Waals surface area contributed by atoms with Gasteiger partial charge in [-0.1, -0.05) is 18.2 Å². The lowest BCUT2D eigenvalue weighted by atomic mass is 9.92. The van der Waals surface area contributed by atoms with Crippen molar-refractivity contribution in [2.24, 2.45) is 0 Å². The maximum atomic E-state index is 11.0. The average molecular weight is 304 g/mol. The molecule has 1 atom stereocenters. The molecule has 0 fully saturated rings. The highest BCUT2D eigenvalue weighted by Crippen LogP contribution is 2.36. The second-order valence-corrected chi connectivity index (χ2v) is 5.90. The van der Waals surface area contributed by atoms with Gasteiger partial charge >= 0.3 is 6.09 Å². The lowest BCUT2D eigenvalue weighted by molar-refractivity contribution is 0.0225. The molecule has 110 valence electrons. The molecule has 0 unspecified atom stereocenters. The van der Waals surface area contributed by atoms with Crippen molar-refractivity contribution in [1.29, 1.82) is 0 Å². The van der Waals surface area contributed by atoms with Crippen LogP contribution in [0.25, 0.3) is 10.4 Å². The molecule has 1 aliphatic rings. The van der Waals surface area contributed by atoms with Crippen molar-refractivity contribution < 1.29 is 14.6 Å². The number of nitrogens with zero attached hydrogens (tertiary/aromatic N) is 2. The zero-order chi connectivity index (χ0) is 14.8. The van der Waals surface area contributed by atoms with Crippen LogP contribution < -0.4 is 0 Å². The minimum Gasteiger partial charge on any atom is -0.465 e. The molecule has 1 aromatic heterocycles. The fourth-order valence-corrected chi connectivity index (χ4v) is 3.31. The molecule has 0 radical (unpaired) electrons. The van der Waals surface area contributed by atoms with Gasteiger partial charge in [0.2, 0.25) is 0 Å². The van der Waals surface area contributed by atoms with Crippen LogP contribution in [0.1, 0.15) is 17.2 Å². The maximum absolute atomic E-state index is 11.0. The van der Waals surface area contributed by atoms with Crippen molar-refractivity contribution in [2.45, 2.75) is 12.5 Å². The summed E-state index contributed by atoms with van der Waals surface area (Å²) in [5.74, 6) is 0. The first kappa shape index (κ1) is 14.0. The molecule has 6 heteroatoms. The largest absolute Gasteiger partial charge is 0.465 e. The average Bonchev–Trinajstić information content (AvgIpc) is 3.01. The van der Waals surface area contributed by atoms with Crippen LogP contribution in [0.4, 0.5) is 4.79 Å². The van der Waals surface area contributed by atoms with E-state index in [1.807, 2.05) is 23.8 Å². The molecule has 2 heterocycles. The van der Waals surface area contributed by atoms with Gasteiger partial charge in [-0.25, -0.2) is 4.79 Å². The number of thiazole rings is 1. The van der Waals surface area contributed by atoms with Gasteiger partial charge in [-0.3, -0.25) is 4.98 Å². The van der Waals surface area contributed by atoms with Crippen molar-refractivity contribution in [3.8, 4) is 10.4 Å². The van der Waals surface area contributed by atoms with Crippen LogP contribution in [0.3, 0.4) is 0 Å². The van der Waals surface area contributed by atoms with Gasteiger partial charge < -0.3 is 14.7 Å². The Morgan fingerprint density at radius 2 is 2.43 bits per heavy atom. The predicted molar refractivity (Wildman–Crippen MR) is 80.6 cm³/mol. The first-order chi connectivity index (χ1) is 10.2. The van der Waals surface area contributed by atoms with Gasteiger partial charge in [0.1, 0.15) is 6.10 Å². The number of benzene rings is 1. The number of hydrogen-bond acceptors (Lipinski definition) is 4.